The highest BCUT2D eigenvalue weighted by molar-refractivity contribution is 6.72. The van der Waals surface area contributed by atoms with Gasteiger partial charge in [-0.25, -0.2) is 0 Å². The normalized spacial score (nSPS) is 12.0. The third-order valence-corrected chi connectivity index (χ3v) is 5.05. The van der Waals surface area contributed by atoms with E-state index < -0.39 is 8.56 Å². The number of hydrogen-bond acceptors (Lipinski definition) is 3. The summed E-state index contributed by atoms with van der Waals surface area (Å²) < 4.78 is 16.6. The summed E-state index contributed by atoms with van der Waals surface area (Å²) in [5, 5.41) is 0. The van der Waals surface area contributed by atoms with Crippen LogP contribution in [0.2, 0.25) is 6.55 Å². The molecule has 0 fully saturated rings. The number of rotatable bonds is 7. The summed E-state index contributed by atoms with van der Waals surface area (Å²) in [6, 6.07) is 7.92. The molecule has 0 unspecified atom stereocenters. The Labute approximate surface area is 111 Å². The molecule has 0 aromatic heterocycles. The Balaban J connectivity index is 2.75. The minimum Gasteiger partial charge on any atom is -0.497 e. The van der Waals surface area contributed by atoms with Crippen LogP contribution in [0.1, 0.15) is 19.4 Å². The first-order valence-corrected chi connectivity index (χ1v) is 8.64. The molecule has 0 saturated carbocycles. The molecule has 0 heterocycles. The van der Waals surface area contributed by atoms with E-state index in [1.54, 1.807) is 7.11 Å². The highest BCUT2D eigenvalue weighted by atomic mass is 28.4. The average molecular weight is 266 g/mol. The lowest BCUT2D eigenvalue weighted by Crippen LogP contribution is -2.36. The fourth-order valence-corrected chi connectivity index (χ4v) is 3.59. The second-order valence-corrected chi connectivity index (χ2v) is 6.93. The van der Waals surface area contributed by atoms with Crippen molar-refractivity contribution in [3.05, 3.63) is 35.5 Å². The van der Waals surface area contributed by atoms with Gasteiger partial charge in [-0.2, -0.15) is 0 Å². The summed E-state index contributed by atoms with van der Waals surface area (Å²) in [5.41, 5.74) is 3.19. The fraction of sp³-hybridized carbons (Fsp3) is 0.429. The second-order valence-electron chi connectivity index (χ2n) is 3.99. The van der Waals surface area contributed by atoms with E-state index in [0.717, 1.165) is 11.3 Å². The summed E-state index contributed by atoms with van der Waals surface area (Å²) in [4.78, 5) is 0. The molecule has 18 heavy (non-hydrogen) atoms. The Kier molecular flexibility index (Phi) is 6.11. The van der Waals surface area contributed by atoms with Crippen LogP contribution in [-0.4, -0.2) is 28.9 Å². The van der Waals surface area contributed by atoms with Crippen LogP contribution in [0.4, 0.5) is 0 Å². The van der Waals surface area contributed by atoms with Crippen LogP contribution in [-0.2, 0) is 8.85 Å². The molecule has 0 aliphatic heterocycles. The number of hydrogen-bond donors (Lipinski definition) is 0. The number of benzene rings is 1. The van der Waals surface area contributed by atoms with Crippen LogP contribution < -0.4 is 4.74 Å². The van der Waals surface area contributed by atoms with Crippen LogP contribution in [0.5, 0.6) is 5.75 Å². The lowest BCUT2D eigenvalue weighted by atomic mass is 10.2. The molecule has 4 heteroatoms. The van der Waals surface area contributed by atoms with Crippen molar-refractivity contribution in [2.45, 2.75) is 20.4 Å². The van der Waals surface area contributed by atoms with E-state index in [1.165, 1.54) is 0 Å². The Hall–Kier alpha value is -1.10. The van der Waals surface area contributed by atoms with Crippen molar-refractivity contribution in [2.24, 2.45) is 0 Å². The predicted octanol–water partition coefficient (Wildman–Crippen LogP) is 3.39. The summed E-state index contributed by atoms with van der Waals surface area (Å²) >= 11 is 0. The molecule has 0 saturated heterocycles. The Morgan fingerprint density at radius 2 is 1.61 bits per heavy atom. The predicted molar refractivity (Wildman–Crippen MR) is 76.9 cm³/mol. The van der Waals surface area contributed by atoms with Gasteiger partial charge in [0.05, 0.1) is 7.11 Å². The topological polar surface area (TPSA) is 27.7 Å². The minimum absolute atomic E-state index is 0.676. The maximum absolute atomic E-state index is 5.74. The number of ether oxygens (including phenoxy) is 1. The van der Waals surface area contributed by atoms with Gasteiger partial charge in [-0.15, -0.1) is 0 Å². The van der Waals surface area contributed by atoms with E-state index in [2.05, 4.69) is 18.3 Å². The van der Waals surface area contributed by atoms with Gasteiger partial charge in [0.15, 0.2) is 0 Å². The van der Waals surface area contributed by atoms with Gasteiger partial charge < -0.3 is 13.6 Å². The zero-order valence-corrected chi connectivity index (χ0v) is 12.6. The molecular formula is C14H22O3Si. The number of methoxy groups -OCH3 is 1. The molecule has 0 spiro atoms. The summed E-state index contributed by atoms with van der Waals surface area (Å²) in [5.74, 6) is 0.863. The summed E-state index contributed by atoms with van der Waals surface area (Å²) in [7, 11) is -0.500. The summed E-state index contributed by atoms with van der Waals surface area (Å²) in [6.07, 6.45) is 2.05. The third-order valence-electron chi connectivity index (χ3n) is 2.56. The maximum atomic E-state index is 5.74. The van der Waals surface area contributed by atoms with E-state index in [1.807, 2.05) is 38.1 Å². The van der Waals surface area contributed by atoms with Crippen molar-refractivity contribution in [1.82, 2.24) is 0 Å². The fourth-order valence-electron chi connectivity index (χ4n) is 1.67. The van der Waals surface area contributed by atoms with Gasteiger partial charge in [-0.3, -0.25) is 0 Å². The maximum Gasteiger partial charge on any atom is 0.361 e. The van der Waals surface area contributed by atoms with Crippen LogP contribution in [0.15, 0.2) is 30.0 Å². The van der Waals surface area contributed by atoms with Crippen LogP contribution >= 0.6 is 0 Å². The Morgan fingerprint density at radius 3 is 2.06 bits per heavy atom. The van der Waals surface area contributed by atoms with Crippen molar-refractivity contribution in [3.63, 3.8) is 0 Å². The van der Waals surface area contributed by atoms with Gasteiger partial charge in [-0.1, -0.05) is 18.2 Å². The Bertz CT molecular complexity index is 367. The largest absolute Gasteiger partial charge is 0.497 e. The Morgan fingerprint density at radius 1 is 1.06 bits per heavy atom. The van der Waals surface area contributed by atoms with Gasteiger partial charge in [0.2, 0.25) is 0 Å². The van der Waals surface area contributed by atoms with Crippen molar-refractivity contribution < 1.29 is 13.6 Å². The van der Waals surface area contributed by atoms with Crippen LogP contribution in [0.25, 0.3) is 6.08 Å². The standard InChI is InChI=1S/C14H22O3Si/c1-5-16-18(4,17-6-2)12-11-13-7-9-14(15-3)10-8-13/h7-12H,5-6H2,1-4H3/b12-11+. The third kappa shape index (κ3) is 4.64. The lowest BCUT2D eigenvalue weighted by molar-refractivity contribution is 0.201. The zero-order chi connectivity index (χ0) is 13.4. The molecule has 1 aromatic carbocycles. The monoisotopic (exact) mass is 266 g/mol. The molecule has 1 rings (SSSR count). The van der Waals surface area contributed by atoms with Crippen molar-refractivity contribution in [3.8, 4) is 5.75 Å². The van der Waals surface area contributed by atoms with Gasteiger partial charge in [0.25, 0.3) is 0 Å². The zero-order valence-electron chi connectivity index (χ0n) is 11.6. The van der Waals surface area contributed by atoms with E-state index >= 15 is 0 Å². The molecule has 100 valence electrons. The van der Waals surface area contributed by atoms with Gasteiger partial charge in [-0.05, 0) is 43.8 Å². The molecule has 1 aromatic rings. The first-order chi connectivity index (χ1) is 8.63. The average Bonchev–Trinajstić information content (AvgIpc) is 2.38. The van der Waals surface area contributed by atoms with Crippen molar-refractivity contribution >= 4 is 14.6 Å². The van der Waals surface area contributed by atoms with E-state index in [0.29, 0.717) is 13.2 Å². The van der Waals surface area contributed by atoms with Crippen LogP contribution in [0, 0.1) is 0 Å². The minimum atomic E-state index is -2.17. The van der Waals surface area contributed by atoms with E-state index in [4.69, 9.17) is 13.6 Å². The molecule has 0 N–H and O–H groups in total. The van der Waals surface area contributed by atoms with E-state index in [9.17, 15) is 0 Å². The van der Waals surface area contributed by atoms with E-state index in [-0.39, 0.29) is 0 Å². The molecule has 0 amide bonds. The molecule has 0 atom stereocenters. The highest BCUT2D eigenvalue weighted by Crippen LogP contribution is 2.15. The first-order valence-electron chi connectivity index (χ1n) is 6.24. The highest BCUT2D eigenvalue weighted by Gasteiger charge is 2.26. The molecule has 0 aliphatic carbocycles. The van der Waals surface area contributed by atoms with Crippen LogP contribution in [0.3, 0.4) is 0 Å². The molecule has 0 aliphatic rings. The van der Waals surface area contributed by atoms with Crippen molar-refractivity contribution in [1.29, 1.82) is 0 Å². The van der Waals surface area contributed by atoms with Crippen molar-refractivity contribution in [2.75, 3.05) is 20.3 Å². The first kappa shape index (κ1) is 15.0. The smallest absolute Gasteiger partial charge is 0.361 e. The SMILES string of the molecule is CCO[Si](C)(/C=C/c1ccc(OC)cc1)OCC. The quantitative estimate of drug-likeness (QED) is 0.708. The molecule has 0 radical (unpaired) electrons. The van der Waals surface area contributed by atoms with Gasteiger partial charge in [0, 0.05) is 13.2 Å². The van der Waals surface area contributed by atoms with Gasteiger partial charge >= 0.3 is 8.56 Å². The lowest BCUT2D eigenvalue weighted by Gasteiger charge is -2.22. The molecule has 0 bridgehead atoms. The molecule has 3 nitrogen and oxygen atoms in total. The molecular weight excluding hydrogens is 244 g/mol. The van der Waals surface area contributed by atoms with Gasteiger partial charge in [0.1, 0.15) is 5.75 Å². The summed E-state index contributed by atoms with van der Waals surface area (Å²) in [6.45, 7) is 7.39. The second kappa shape index (κ2) is 7.36.